The van der Waals surface area contributed by atoms with Crippen LogP contribution in [0.2, 0.25) is 0 Å². The van der Waals surface area contributed by atoms with E-state index >= 15 is 0 Å². The summed E-state index contributed by atoms with van der Waals surface area (Å²) in [6, 6.07) is 2.68. The van der Waals surface area contributed by atoms with Gasteiger partial charge in [0.15, 0.2) is 0 Å². The van der Waals surface area contributed by atoms with Gasteiger partial charge in [-0.3, -0.25) is 20.2 Å². The molecule has 7 heteroatoms. The molecule has 1 aromatic carbocycles. The van der Waals surface area contributed by atoms with Gasteiger partial charge in [-0.15, -0.1) is 0 Å². The second-order valence-corrected chi connectivity index (χ2v) is 5.18. The van der Waals surface area contributed by atoms with Crippen molar-refractivity contribution in [3.8, 4) is 0 Å². The van der Waals surface area contributed by atoms with Crippen molar-refractivity contribution in [1.29, 1.82) is 0 Å². The number of anilines is 1. The van der Waals surface area contributed by atoms with E-state index in [9.17, 15) is 20.2 Å². The summed E-state index contributed by atoms with van der Waals surface area (Å²) in [5, 5.41) is 22.1. The van der Waals surface area contributed by atoms with Gasteiger partial charge < -0.3 is 4.90 Å². The molecule has 108 valence electrons. The third-order valence-electron chi connectivity index (χ3n) is 3.76. The van der Waals surface area contributed by atoms with Crippen molar-refractivity contribution in [2.24, 2.45) is 0 Å². The van der Waals surface area contributed by atoms with Crippen molar-refractivity contribution in [1.82, 2.24) is 0 Å². The summed E-state index contributed by atoms with van der Waals surface area (Å²) < 4.78 is 0. The van der Waals surface area contributed by atoms with Crippen LogP contribution in [0, 0.1) is 27.2 Å². The Morgan fingerprint density at radius 2 is 1.90 bits per heavy atom. The lowest BCUT2D eigenvalue weighted by Gasteiger charge is -2.35. The summed E-state index contributed by atoms with van der Waals surface area (Å²) in [7, 11) is 0. The number of benzene rings is 1. The molecule has 0 bridgehead atoms. The zero-order chi connectivity index (χ0) is 14.9. The number of piperidine rings is 1. The van der Waals surface area contributed by atoms with Crippen LogP contribution in [0.25, 0.3) is 0 Å². The Hall–Kier alpha value is -2.18. The maximum atomic E-state index is 11.3. The Bertz CT molecular complexity index is 559. The van der Waals surface area contributed by atoms with Gasteiger partial charge in [-0.25, -0.2) is 0 Å². The van der Waals surface area contributed by atoms with Gasteiger partial charge in [-0.1, -0.05) is 0 Å². The van der Waals surface area contributed by atoms with Gasteiger partial charge >= 0.3 is 0 Å². The van der Waals surface area contributed by atoms with Crippen LogP contribution in [0.1, 0.15) is 31.7 Å². The highest BCUT2D eigenvalue weighted by atomic mass is 16.6. The predicted molar refractivity (Wildman–Crippen MR) is 75.1 cm³/mol. The summed E-state index contributed by atoms with van der Waals surface area (Å²) in [4.78, 5) is 23.0. The summed E-state index contributed by atoms with van der Waals surface area (Å²) >= 11 is 0. The van der Waals surface area contributed by atoms with Gasteiger partial charge in [0.05, 0.1) is 15.9 Å². The first-order valence-electron chi connectivity index (χ1n) is 6.62. The molecule has 0 unspecified atom stereocenters. The van der Waals surface area contributed by atoms with Crippen molar-refractivity contribution in [2.75, 3.05) is 11.4 Å². The molecular weight excluding hydrogens is 262 g/mol. The lowest BCUT2D eigenvalue weighted by Crippen LogP contribution is -2.38. The summed E-state index contributed by atoms with van der Waals surface area (Å²) in [5.41, 5.74) is 0.695. The molecule has 0 aromatic heterocycles. The molecule has 0 amide bonds. The molecular formula is C13H17N3O4. The molecule has 1 aromatic rings. The number of nitrogens with zero attached hydrogens (tertiary/aromatic N) is 3. The van der Waals surface area contributed by atoms with E-state index in [0.717, 1.165) is 31.9 Å². The van der Waals surface area contributed by atoms with Crippen LogP contribution in [-0.4, -0.2) is 22.4 Å². The largest absolute Gasteiger partial charge is 0.363 e. The molecule has 1 aliphatic heterocycles. The smallest absolute Gasteiger partial charge is 0.299 e. The Labute approximate surface area is 116 Å². The van der Waals surface area contributed by atoms with E-state index in [1.54, 1.807) is 6.92 Å². The quantitative estimate of drug-likeness (QED) is 0.626. The number of nitro benzene ring substituents is 2. The third-order valence-corrected chi connectivity index (χ3v) is 3.76. The van der Waals surface area contributed by atoms with Crippen LogP contribution in [-0.2, 0) is 0 Å². The fraction of sp³-hybridized carbons (Fsp3) is 0.538. The molecule has 1 fully saturated rings. The number of hydrogen-bond acceptors (Lipinski definition) is 5. The number of non-ortho nitro benzene ring substituents is 1. The highest BCUT2D eigenvalue weighted by molar-refractivity contribution is 5.71. The molecule has 0 spiro atoms. The Morgan fingerprint density at radius 1 is 1.20 bits per heavy atom. The molecule has 1 saturated heterocycles. The molecule has 0 radical (unpaired) electrons. The second-order valence-electron chi connectivity index (χ2n) is 5.18. The first-order chi connectivity index (χ1) is 9.41. The van der Waals surface area contributed by atoms with E-state index in [2.05, 4.69) is 0 Å². The highest BCUT2D eigenvalue weighted by Crippen LogP contribution is 2.38. The van der Waals surface area contributed by atoms with Crippen molar-refractivity contribution < 1.29 is 9.85 Å². The van der Waals surface area contributed by atoms with E-state index in [1.165, 1.54) is 6.07 Å². The van der Waals surface area contributed by atoms with Gasteiger partial charge in [0, 0.05) is 18.7 Å². The zero-order valence-electron chi connectivity index (χ0n) is 11.5. The van der Waals surface area contributed by atoms with Crippen molar-refractivity contribution in [3.05, 3.63) is 37.9 Å². The molecule has 2 rings (SSSR count). The van der Waals surface area contributed by atoms with Crippen molar-refractivity contribution in [2.45, 2.75) is 39.2 Å². The topological polar surface area (TPSA) is 89.5 Å². The molecule has 1 aliphatic rings. The van der Waals surface area contributed by atoms with Crippen LogP contribution in [0.15, 0.2) is 12.1 Å². The second kappa shape index (κ2) is 5.44. The van der Waals surface area contributed by atoms with Crippen molar-refractivity contribution in [3.63, 3.8) is 0 Å². The van der Waals surface area contributed by atoms with Crippen LogP contribution >= 0.6 is 0 Å². The Balaban J connectivity index is 2.56. The standard InChI is InChI=1S/C13H17N3O4/c1-9-7-11(15(17)18)8-12(16(19)20)13(9)14-6-4-3-5-10(14)2/h7-8,10H,3-6H2,1-2H3/t10-/m1/s1. The fourth-order valence-corrected chi connectivity index (χ4v) is 2.79. The molecule has 0 N–H and O–H groups in total. The van der Waals surface area contributed by atoms with E-state index in [1.807, 2.05) is 11.8 Å². The summed E-state index contributed by atoms with van der Waals surface area (Å²) in [6.07, 6.45) is 3.07. The minimum Gasteiger partial charge on any atom is -0.363 e. The van der Waals surface area contributed by atoms with Crippen molar-refractivity contribution >= 4 is 17.1 Å². The van der Waals surface area contributed by atoms with E-state index in [-0.39, 0.29) is 17.4 Å². The number of nitro groups is 2. The first-order valence-corrected chi connectivity index (χ1v) is 6.62. The Kier molecular flexibility index (Phi) is 3.87. The summed E-state index contributed by atoms with van der Waals surface area (Å²) in [6.45, 7) is 4.47. The molecule has 20 heavy (non-hydrogen) atoms. The monoisotopic (exact) mass is 279 g/mol. The van der Waals surface area contributed by atoms with Crippen LogP contribution < -0.4 is 4.90 Å². The SMILES string of the molecule is Cc1cc([N+](=O)[O-])cc([N+](=O)[O-])c1N1CCCC[C@H]1C. The van der Waals surface area contributed by atoms with E-state index in [0.29, 0.717) is 11.3 Å². The van der Waals surface area contributed by atoms with Crippen LogP contribution in [0.4, 0.5) is 17.1 Å². The average molecular weight is 279 g/mol. The maximum absolute atomic E-state index is 11.3. The van der Waals surface area contributed by atoms with E-state index in [4.69, 9.17) is 0 Å². The third kappa shape index (κ3) is 2.56. The van der Waals surface area contributed by atoms with Crippen LogP contribution in [0.5, 0.6) is 0 Å². The Morgan fingerprint density at radius 3 is 2.45 bits per heavy atom. The summed E-state index contributed by atoms with van der Waals surface area (Å²) in [5.74, 6) is 0. The maximum Gasteiger partial charge on any atom is 0.299 e. The molecule has 7 nitrogen and oxygen atoms in total. The fourth-order valence-electron chi connectivity index (χ4n) is 2.79. The van der Waals surface area contributed by atoms with Gasteiger partial charge in [-0.05, 0) is 38.7 Å². The van der Waals surface area contributed by atoms with Gasteiger partial charge in [0.25, 0.3) is 11.4 Å². The molecule has 0 aliphatic carbocycles. The minimum atomic E-state index is -0.594. The van der Waals surface area contributed by atoms with Gasteiger partial charge in [0.2, 0.25) is 0 Å². The molecule has 1 heterocycles. The molecule has 0 saturated carbocycles. The number of aryl methyl sites for hydroxylation is 1. The number of hydrogen-bond donors (Lipinski definition) is 0. The average Bonchev–Trinajstić information content (AvgIpc) is 2.38. The normalized spacial score (nSPS) is 18.9. The lowest BCUT2D eigenvalue weighted by atomic mass is 10.0. The molecule has 1 atom stereocenters. The lowest BCUT2D eigenvalue weighted by molar-refractivity contribution is -0.393. The minimum absolute atomic E-state index is 0.176. The predicted octanol–water partition coefficient (Wildman–Crippen LogP) is 3.19. The van der Waals surface area contributed by atoms with Crippen LogP contribution in [0.3, 0.4) is 0 Å². The zero-order valence-corrected chi connectivity index (χ0v) is 11.5. The highest BCUT2D eigenvalue weighted by Gasteiger charge is 2.29. The number of rotatable bonds is 3. The van der Waals surface area contributed by atoms with Gasteiger partial charge in [0.1, 0.15) is 5.69 Å². The van der Waals surface area contributed by atoms with Gasteiger partial charge in [-0.2, -0.15) is 0 Å². The first kappa shape index (κ1) is 14.2. The van der Waals surface area contributed by atoms with E-state index < -0.39 is 9.85 Å².